The van der Waals surface area contributed by atoms with Crippen LogP contribution in [0.25, 0.3) is 83.1 Å². The van der Waals surface area contributed by atoms with E-state index < -0.39 is 0 Å². The van der Waals surface area contributed by atoms with Crippen LogP contribution in [0.2, 0.25) is 0 Å². The summed E-state index contributed by atoms with van der Waals surface area (Å²) >= 11 is 0. The molecule has 268 valence electrons. The summed E-state index contributed by atoms with van der Waals surface area (Å²) in [5.74, 6) is 0.632. The van der Waals surface area contributed by atoms with E-state index in [0.717, 1.165) is 61.3 Å². The Kier molecular flexibility index (Phi) is 7.78. The first-order chi connectivity index (χ1) is 28.2. The molecule has 2 heterocycles. The maximum atomic E-state index is 6.22. The number of hydrogen-bond donors (Lipinski definition) is 0. The summed E-state index contributed by atoms with van der Waals surface area (Å²) in [6.45, 7) is 0. The lowest BCUT2D eigenvalue weighted by atomic mass is 10.00. The molecular formula is C53H35N3O. The SMILES string of the molecule is c1ccc(-c2ccc(N(c3ccc(-c4ccc5ccc6oc(-c7ccccc7)nc6c5c4)cc3)c3ccc4c(c3)c3ccccc3n4-c3ccccc3)cc2)cc1. The number of para-hydroxylation sites is 2. The first-order valence-corrected chi connectivity index (χ1v) is 19.3. The Morgan fingerprint density at radius 1 is 0.386 bits per heavy atom. The average molecular weight is 730 g/mol. The van der Waals surface area contributed by atoms with Crippen molar-refractivity contribution in [2.24, 2.45) is 0 Å². The summed E-state index contributed by atoms with van der Waals surface area (Å²) < 4.78 is 8.58. The van der Waals surface area contributed by atoms with Crippen molar-refractivity contribution in [1.29, 1.82) is 0 Å². The number of rotatable bonds is 7. The summed E-state index contributed by atoms with van der Waals surface area (Å²) in [5, 5.41) is 4.63. The normalized spacial score (nSPS) is 11.5. The van der Waals surface area contributed by atoms with E-state index in [1.807, 2.05) is 36.4 Å². The lowest BCUT2D eigenvalue weighted by Gasteiger charge is -2.26. The van der Waals surface area contributed by atoms with E-state index in [-0.39, 0.29) is 0 Å². The molecule has 0 fully saturated rings. The molecule has 0 amide bonds. The highest BCUT2D eigenvalue weighted by atomic mass is 16.3. The van der Waals surface area contributed by atoms with Crippen molar-refractivity contribution in [2.45, 2.75) is 0 Å². The average Bonchev–Trinajstić information content (AvgIpc) is 3.88. The Labute approximate surface area is 330 Å². The van der Waals surface area contributed by atoms with Crippen LogP contribution in [0, 0.1) is 0 Å². The molecule has 0 atom stereocenters. The molecule has 4 heteroatoms. The van der Waals surface area contributed by atoms with Crippen LogP contribution < -0.4 is 4.90 Å². The maximum absolute atomic E-state index is 6.22. The molecule has 0 saturated heterocycles. The van der Waals surface area contributed by atoms with Crippen LogP contribution in [0.5, 0.6) is 0 Å². The van der Waals surface area contributed by atoms with Gasteiger partial charge in [0.1, 0.15) is 5.52 Å². The number of anilines is 3. The Balaban J connectivity index is 1.02. The van der Waals surface area contributed by atoms with Gasteiger partial charge in [0.2, 0.25) is 5.89 Å². The fraction of sp³-hybridized carbons (Fsp3) is 0. The molecule has 2 aromatic heterocycles. The van der Waals surface area contributed by atoms with Gasteiger partial charge in [-0.25, -0.2) is 4.98 Å². The number of fused-ring (bicyclic) bond motifs is 6. The molecule has 11 rings (SSSR count). The first-order valence-electron chi connectivity index (χ1n) is 19.3. The standard InChI is InChI=1S/C53H35N3O/c1-4-12-36(13-5-1)37-22-27-43(28-23-37)55(45-31-32-50-48(35-45)46-18-10-11-19-49(46)56(50)42-16-8-3-9-17-42)44-29-24-38(25-30-44)41-21-20-39-26-33-51-52(47(39)34-41)54-53(57-51)40-14-6-2-7-15-40/h1-35H. The summed E-state index contributed by atoms with van der Waals surface area (Å²) in [5.41, 5.74) is 14.0. The zero-order chi connectivity index (χ0) is 37.7. The smallest absolute Gasteiger partial charge is 0.227 e. The van der Waals surface area contributed by atoms with Crippen molar-refractivity contribution in [3.8, 4) is 39.4 Å². The molecule has 0 aliphatic rings. The second kappa shape index (κ2) is 13.6. The number of aromatic nitrogens is 2. The van der Waals surface area contributed by atoms with Crippen molar-refractivity contribution >= 4 is 60.7 Å². The predicted octanol–water partition coefficient (Wildman–Crippen LogP) is 14.5. The quantitative estimate of drug-likeness (QED) is 0.164. The number of hydrogen-bond acceptors (Lipinski definition) is 3. The molecule has 0 saturated carbocycles. The van der Waals surface area contributed by atoms with Crippen LogP contribution in [0.15, 0.2) is 217 Å². The van der Waals surface area contributed by atoms with Gasteiger partial charge < -0.3 is 13.9 Å². The molecule has 0 radical (unpaired) electrons. The molecule has 11 aromatic rings. The lowest BCUT2D eigenvalue weighted by Crippen LogP contribution is -2.10. The molecule has 0 aliphatic heterocycles. The summed E-state index contributed by atoms with van der Waals surface area (Å²) in [7, 11) is 0. The molecule has 4 nitrogen and oxygen atoms in total. The molecule has 0 bridgehead atoms. The first kappa shape index (κ1) is 32.7. The minimum Gasteiger partial charge on any atom is -0.436 e. The van der Waals surface area contributed by atoms with E-state index >= 15 is 0 Å². The van der Waals surface area contributed by atoms with Gasteiger partial charge in [0.05, 0.1) is 11.0 Å². The van der Waals surface area contributed by atoms with Crippen molar-refractivity contribution in [1.82, 2.24) is 9.55 Å². The minimum atomic E-state index is 0.632. The van der Waals surface area contributed by atoms with E-state index in [4.69, 9.17) is 9.40 Å². The third-order valence-corrected chi connectivity index (χ3v) is 11.0. The van der Waals surface area contributed by atoms with Crippen molar-refractivity contribution in [3.05, 3.63) is 212 Å². The number of benzene rings is 9. The fourth-order valence-corrected chi connectivity index (χ4v) is 8.23. The molecule has 0 unspecified atom stereocenters. The van der Waals surface area contributed by atoms with Gasteiger partial charge in [-0.3, -0.25) is 0 Å². The van der Waals surface area contributed by atoms with Crippen LogP contribution in [-0.4, -0.2) is 9.55 Å². The summed E-state index contributed by atoms with van der Waals surface area (Å²) in [6.07, 6.45) is 0. The second-order valence-electron chi connectivity index (χ2n) is 14.4. The van der Waals surface area contributed by atoms with Crippen molar-refractivity contribution in [3.63, 3.8) is 0 Å². The molecule has 9 aromatic carbocycles. The molecule has 0 spiro atoms. The monoisotopic (exact) mass is 729 g/mol. The topological polar surface area (TPSA) is 34.2 Å². The van der Waals surface area contributed by atoms with Gasteiger partial charge in [-0.05, 0) is 113 Å². The van der Waals surface area contributed by atoms with E-state index in [1.165, 1.54) is 32.9 Å². The summed E-state index contributed by atoms with van der Waals surface area (Å²) in [4.78, 5) is 7.32. The van der Waals surface area contributed by atoms with E-state index in [9.17, 15) is 0 Å². The zero-order valence-corrected chi connectivity index (χ0v) is 31.0. The highest BCUT2D eigenvalue weighted by molar-refractivity contribution is 6.11. The Bertz CT molecular complexity index is 3200. The van der Waals surface area contributed by atoms with Gasteiger partial charge in [-0.1, -0.05) is 127 Å². The van der Waals surface area contributed by atoms with Crippen LogP contribution in [0.3, 0.4) is 0 Å². The second-order valence-corrected chi connectivity index (χ2v) is 14.4. The zero-order valence-electron chi connectivity index (χ0n) is 31.0. The predicted molar refractivity (Wildman–Crippen MR) is 237 cm³/mol. The Hall–Kier alpha value is -7.69. The highest BCUT2D eigenvalue weighted by Crippen LogP contribution is 2.41. The maximum Gasteiger partial charge on any atom is 0.227 e. The Morgan fingerprint density at radius 2 is 0.930 bits per heavy atom. The van der Waals surface area contributed by atoms with Gasteiger partial charge in [-0.2, -0.15) is 0 Å². The lowest BCUT2D eigenvalue weighted by molar-refractivity contribution is 0.620. The van der Waals surface area contributed by atoms with Gasteiger partial charge in [0.25, 0.3) is 0 Å². The van der Waals surface area contributed by atoms with Crippen LogP contribution in [0.1, 0.15) is 0 Å². The third-order valence-electron chi connectivity index (χ3n) is 11.0. The largest absolute Gasteiger partial charge is 0.436 e. The van der Waals surface area contributed by atoms with Crippen LogP contribution >= 0.6 is 0 Å². The van der Waals surface area contributed by atoms with Crippen LogP contribution in [-0.2, 0) is 0 Å². The van der Waals surface area contributed by atoms with Crippen molar-refractivity contribution in [2.75, 3.05) is 4.90 Å². The fourth-order valence-electron chi connectivity index (χ4n) is 8.23. The summed E-state index contributed by atoms with van der Waals surface area (Å²) in [6, 6.07) is 75.3. The highest BCUT2D eigenvalue weighted by Gasteiger charge is 2.18. The molecule has 0 aliphatic carbocycles. The third kappa shape index (κ3) is 5.74. The van der Waals surface area contributed by atoms with E-state index in [1.54, 1.807) is 0 Å². The molecule has 0 N–H and O–H groups in total. The van der Waals surface area contributed by atoms with E-state index in [2.05, 4.69) is 185 Å². The van der Waals surface area contributed by atoms with E-state index in [0.29, 0.717) is 5.89 Å². The van der Waals surface area contributed by atoms with Gasteiger partial charge in [-0.15, -0.1) is 0 Å². The number of nitrogens with zero attached hydrogens (tertiary/aromatic N) is 3. The molecular weight excluding hydrogens is 695 g/mol. The molecule has 57 heavy (non-hydrogen) atoms. The Morgan fingerprint density at radius 3 is 1.65 bits per heavy atom. The van der Waals surface area contributed by atoms with Gasteiger partial charge >= 0.3 is 0 Å². The van der Waals surface area contributed by atoms with Gasteiger partial charge in [0, 0.05) is 44.5 Å². The van der Waals surface area contributed by atoms with Gasteiger partial charge in [0.15, 0.2) is 5.58 Å². The van der Waals surface area contributed by atoms with Crippen LogP contribution in [0.4, 0.5) is 17.1 Å². The number of oxazole rings is 1. The van der Waals surface area contributed by atoms with Crippen molar-refractivity contribution < 1.29 is 4.42 Å². The minimum absolute atomic E-state index is 0.632.